The van der Waals surface area contributed by atoms with Crippen molar-refractivity contribution >= 4 is 28.6 Å². The van der Waals surface area contributed by atoms with Crippen molar-refractivity contribution < 1.29 is 9.18 Å². The first kappa shape index (κ1) is 13.6. The molecule has 0 spiro atoms. The summed E-state index contributed by atoms with van der Waals surface area (Å²) in [6.07, 6.45) is 0. The van der Waals surface area contributed by atoms with Gasteiger partial charge >= 0.3 is 0 Å². The van der Waals surface area contributed by atoms with Crippen LogP contribution in [0, 0.1) is 5.82 Å². The number of benzene rings is 2. The van der Waals surface area contributed by atoms with Gasteiger partial charge in [-0.3, -0.25) is 4.79 Å². The number of primary amides is 1. The number of carbonyl (C=O) groups is 1. The van der Waals surface area contributed by atoms with E-state index in [2.05, 4.69) is 4.98 Å². The fourth-order valence-corrected chi connectivity index (χ4v) is 2.91. The number of hydrogen-bond donors (Lipinski definition) is 1. The van der Waals surface area contributed by atoms with Crippen molar-refractivity contribution in [2.45, 2.75) is 9.92 Å². The van der Waals surface area contributed by atoms with E-state index in [4.69, 9.17) is 5.73 Å². The molecule has 104 valence electrons. The Morgan fingerprint density at radius 3 is 2.57 bits per heavy atom. The number of fused-ring (bicyclic) bond motifs is 1. The molecule has 3 aromatic rings. The van der Waals surface area contributed by atoms with Crippen molar-refractivity contribution in [1.29, 1.82) is 0 Å². The lowest BCUT2D eigenvalue weighted by molar-refractivity contribution is 0.100. The zero-order valence-corrected chi connectivity index (χ0v) is 11.7. The van der Waals surface area contributed by atoms with Crippen LogP contribution in [0.1, 0.15) is 10.4 Å². The lowest BCUT2D eigenvalue weighted by Gasteiger charge is -2.07. The molecule has 0 aliphatic rings. The van der Waals surface area contributed by atoms with Crippen molar-refractivity contribution in [3.05, 3.63) is 66.0 Å². The molecular weight excluding hydrogens is 287 g/mol. The van der Waals surface area contributed by atoms with Gasteiger partial charge in [-0.25, -0.2) is 9.37 Å². The van der Waals surface area contributed by atoms with Gasteiger partial charge in [-0.1, -0.05) is 42.1 Å². The van der Waals surface area contributed by atoms with E-state index in [9.17, 15) is 9.18 Å². The SMILES string of the molecule is NC(=O)c1cc(Sc2ccccc2F)nc2ccccc12. The van der Waals surface area contributed by atoms with Crippen LogP contribution in [0.25, 0.3) is 10.9 Å². The van der Waals surface area contributed by atoms with Crippen molar-refractivity contribution in [3.63, 3.8) is 0 Å². The average molecular weight is 298 g/mol. The summed E-state index contributed by atoms with van der Waals surface area (Å²) in [6.45, 7) is 0. The normalized spacial score (nSPS) is 10.7. The maximum atomic E-state index is 13.7. The van der Waals surface area contributed by atoms with E-state index in [1.165, 1.54) is 17.8 Å². The van der Waals surface area contributed by atoms with E-state index in [1.54, 1.807) is 36.4 Å². The number of pyridine rings is 1. The van der Waals surface area contributed by atoms with Crippen molar-refractivity contribution in [2.75, 3.05) is 0 Å². The average Bonchev–Trinajstić information content (AvgIpc) is 2.48. The molecule has 1 amide bonds. The molecule has 0 atom stereocenters. The standard InChI is InChI=1S/C16H11FN2OS/c17-12-6-2-4-8-14(12)21-15-9-11(16(18)20)10-5-1-3-7-13(10)19-15/h1-9H,(H2,18,20). The Hall–Kier alpha value is -2.40. The fraction of sp³-hybridized carbons (Fsp3) is 0. The molecule has 1 heterocycles. The quantitative estimate of drug-likeness (QED) is 0.803. The van der Waals surface area contributed by atoms with Crippen molar-refractivity contribution in [1.82, 2.24) is 4.98 Å². The molecule has 3 rings (SSSR count). The molecule has 0 bridgehead atoms. The number of para-hydroxylation sites is 1. The third-order valence-electron chi connectivity index (χ3n) is 3.01. The van der Waals surface area contributed by atoms with Gasteiger partial charge in [-0.05, 0) is 24.3 Å². The predicted molar refractivity (Wildman–Crippen MR) is 80.8 cm³/mol. The highest BCUT2D eigenvalue weighted by molar-refractivity contribution is 7.99. The van der Waals surface area contributed by atoms with Gasteiger partial charge in [0.25, 0.3) is 0 Å². The Kier molecular flexibility index (Phi) is 3.58. The number of carbonyl (C=O) groups excluding carboxylic acids is 1. The smallest absolute Gasteiger partial charge is 0.249 e. The van der Waals surface area contributed by atoms with Crippen molar-refractivity contribution in [2.24, 2.45) is 5.73 Å². The molecule has 0 saturated heterocycles. The molecule has 0 radical (unpaired) electrons. The monoisotopic (exact) mass is 298 g/mol. The van der Waals surface area contributed by atoms with Crippen LogP contribution in [0.5, 0.6) is 0 Å². The zero-order valence-electron chi connectivity index (χ0n) is 10.9. The summed E-state index contributed by atoms with van der Waals surface area (Å²) < 4.78 is 13.7. The van der Waals surface area contributed by atoms with E-state index >= 15 is 0 Å². The first-order chi connectivity index (χ1) is 10.1. The van der Waals surface area contributed by atoms with Crippen LogP contribution in [-0.4, -0.2) is 10.9 Å². The van der Waals surface area contributed by atoms with E-state index in [0.29, 0.717) is 26.4 Å². The number of aromatic nitrogens is 1. The molecule has 0 fully saturated rings. The minimum atomic E-state index is -0.524. The van der Waals surface area contributed by atoms with Crippen LogP contribution >= 0.6 is 11.8 Å². The first-order valence-electron chi connectivity index (χ1n) is 6.27. The number of rotatable bonds is 3. The van der Waals surface area contributed by atoms with Gasteiger partial charge in [-0.2, -0.15) is 0 Å². The van der Waals surface area contributed by atoms with Gasteiger partial charge in [0.05, 0.1) is 11.1 Å². The second kappa shape index (κ2) is 5.54. The third-order valence-corrected chi connectivity index (χ3v) is 3.98. The van der Waals surface area contributed by atoms with E-state index in [0.717, 1.165) is 0 Å². The molecule has 0 aliphatic carbocycles. The highest BCUT2D eigenvalue weighted by Gasteiger charge is 2.12. The molecule has 5 heteroatoms. The largest absolute Gasteiger partial charge is 0.366 e. The van der Waals surface area contributed by atoms with E-state index < -0.39 is 5.91 Å². The molecule has 21 heavy (non-hydrogen) atoms. The Morgan fingerprint density at radius 2 is 1.81 bits per heavy atom. The number of nitrogens with zero attached hydrogens (tertiary/aromatic N) is 1. The van der Waals surface area contributed by atoms with Gasteiger partial charge in [0, 0.05) is 10.3 Å². The van der Waals surface area contributed by atoms with Gasteiger partial charge in [0.2, 0.25) is 5.91 Å². The van der Waals surface area contributed by atoms with E-state index in [1.807, 2.05) is 12.1 Å². The third kappa shape index (κ3) is 2.73. The number of halogens is 1. The second-order valence-electron chi connectivity index (χ2n) is 4.42. The minimum absolute atomic E-state index is 0.321. The number of hydrogen-bond acceptors (Lipinski definition) is 3. The molecular formula is C16H11FN2OS. The molecule has 0 unspecified atom stereocenters. The zero-order chi connectivity index (χ0) is 14.8. The van der Waals surface area contributed by atoms with Gasteiger partial charge in [0.1, 0.15) is 10.8 Å². The summed E-state index contributed by atoms with van der Waals surface area (Å²) in [5.41, 5.74) is 6.47. The van der Waals surface area contributed by atoms with Gasteiger partial charge in [-0.15, -0.1) is 0 Å². The summed E-state index contributed by atoms with van der Waals surface area (Å²) in [5.74, 6) is -0.845. The van der Waals surface area contributed by atoms with Crippen LogP contribution < -0.4 is 5.73 Å². The fourth-order valence-electron chi connectivity index (χ4n) is 2.05. The maximum absolute atomic E-state index is 13.7. The predicted octanol–water partition coefficient (Wildman–Crippen LogP) is 3.62. The topological polar surface area (TPSA) is 56.0 Å². The first-order valence-corrected chi connectivity index (χ1v) is 7.09. The van der Waals surface area contributed by atoms with Crippen LogP contribution in [0.4, 0.5) is 4.39 Å². The Morgan fingerprint density at radius 1 is 1.10 bits per heavy atom. The lowest BCUT2D eigenvalue weighted by Crippen LogP contribution is -2.12. The number of nitrogens with two attached hydrogens (primary N) is 1. The van der Waals surface area contributed by atoms with Crippen LogP contribution in [-0.2, 0) is 0 Å². The maximum Gasteiger partial charge on any atom is 0.249 e. The molecule has 1 aromatic heterocycles. The van der Waals surface area contributed by atoms with Gasteiger partial charge < -0.3 is 5.73 Å². The highest BCUT2D eigenvalue weighted by atomic mass is 32.2. The molecule has 3 nitrogen and oxygen atoms in total. The molecule has 0 aliphatic heterocycles. The summed E-state index contributed by atoms with van der Waals surface area (Å²) in [4.78, 5) is 16.5. The molecule has 0 saturated carbocycles. The summed E-state index contributed by atoms with van der Waals surface area (Å²) in [7, 11) is 0. The Labute approximate surface area is 125 Å². The van der Waals surface area contributed by atoms with Crippen LogP contribution in [0.2, 0.25) is 0 Å². The minimum Gasteiger partial charge on any atom is -0.366 e. The summed E-state index contributed by atoms with van der Waals surface area (Å²) in [6, 6.07) is 15.3. The molecule has 2 aromatic carbocycles. The van der Waals surface area contributed by atoms with Gasteiger partial charge in [0.15, 0.2) is 0 Å². The van der Waals surface area contributed by atoms with E-state index in [-0.39, 0.29) is 5.82 Å². The van der Waals surface area contributed by atoms with Crippen molar-refractivity contribution in [3.8, 4) is 0 Å². The summed E-state index contributed by atoms with van der Waals surface area (Å²) >= 11 is 1.17. The van der Waals surface area contributed by atoms with Crippen LogP contribution in [0.15, 0.2) is 64.5 Å². The Balaban J connectivity index is 2.11. The summed E-state index contributed by atoms with van der Waals surface area (Å²) in [5, 5.41) is 1.23. The highest BCUT2D eigenvalue weighted by Crippen LogP contribution is 2.31. The number of amides is 1. The lowest BCUT2D eigenvalue weighted by atomic mass is 10.1. The van der Waals surface area contributed by atoms with Crippen LogP contribution in [0.3, 0.4) is 0 Å². The molecule has 2 N–H and O–H groups in total. The second-order valence-corrected chi connectivity index (χ2v) is 5.48. The Bertz CT molecular complexity index is 835.